The van der Waals surface area contributed by atoms with E-state index in [1.54, 1.807) is 0 Å². The van der Waals surface area contributed by atoms with Crippen molar-refractivity contribution < 1.29 is 53.8 Å². The van der Waals surface area contributed by atoms with Crippen LogP contribution < -0.4 is 0 Å². The summed E-state index contributed by atoms with van der Waals surface area (Å²) < 4.78 is 15.1. The van der Waals surface area contributed by atoms with Gasteiger partial charge in [-0.05, 0) is 38.0 Å². The van der Waals surface area contributed by atoms with Gasteiger partial charge in [0.2, 0.25) is 6.29 Å². The highest BCUT2D eigenvalue weighted by Gasteiger charge is 2.51. The van der Waals surface area contributed by atoms with Crippen molar-refractivity contribution in [2.75, 3.05) is 0 Å². The Morgan fingerprint density at radius 3 is 2.38 bits per heavy atom. The molecule has 1 aliphatic carbocycles. The number of cyclic esters (lactones) is 4. The number of esters is 4. The Bertz CT molecular complexity index is 1010. The Hall–Kier alpha value is -2.60. The summed E-state index contributed by atoms with van der Waals surface area (Å²) in [7, 11) is 0. The van der Waals surface area contributed by atoms with E-state index in [-0.39, 0.29) is 48.0 Å². The van der Waals surface area contributed by atoms with E-state index in [4.69, 9.17) is 14.2 Å². The minimum absolute atomic E-state index is 0.0508. The second-order valence-electron chi connectivity index (χ2n) is 10.2. The number of aliphatic hydroxyl groups is 4. The Balaban J connectivity index is 1.77. The number of ether oxygens (including phenoxy) is 3. The van der Waals surface area contributed by atoms with Gasteiger partial charge in [-0.3, -0.25) is 4.79 Å². The van der Waals surface area contributed by atoms with Crippen molar-refractivity contribution >= 4 is 23.9 Å². The van der Waals surface area contributed by atoms with E-state index in [0.29, 0.717) is 19.3 Å². The Kier molecular flexibility index (Phi) is 8.47. The highest BCUT2D eigenvalue weighted by molar-refractivity contribution is 6.13. The van der Waals surface area contributed by atoms with E-state index < -0.39 is 66.4 Å². The van der Waals surface area contributed by atoms with Crippen LogP contribution in [0, 0.1) is 11.8 Å². The van der Waals surface area contributed by atoms with Crippen molar-refractivity contribution in [3.8, 4) is 0 Å². The first-order valence-corrected chi connectivity index (χ1v) is 13.0. The lowest BCUT2D eigenvalue weighted by Gasteiger charge is -2.32. The zero-order valence-electron chi connectivity index (χ0n) is 20.8. The number of hydrogen-bond acceptors (Lipinski definition) is 11. The molecular formula is C26H34O11. The number of aliphatic hydroxyl groups excluding tert-OH is 4. The molecule has 0 amide bonds. The van der Waals surface area contributed by atoms with Crippen molar-refractivity contribution in [2.45, 2.75) is 102 Å². The highest BCUT2D eigenvalue weighted by atomic mass is 16.6. The van der Waals surface area contributed by atoms with Crippen molar-refractivity contribution in [3.05, 3.63) is 22.3 Å². The highest BCUT2D eigenvalue weighted by Crippen LogP contribution is 2.44. The van der Waals surface area contributed by atoms with E-state index >= 15 is 0 Å². The topological polar surface area (TPSA) is 177 Å². The van der Waals surface area contributed by atoms with Crippen LogP contribution in [0.5, 0.6) is 0 Å². The lowest BCUT2D eigenvalue weighted by molar-refractivity contribution is -0.164. The molecule has 1 saturated heterocycles. The average molecular weight is 523 g/mol. The van der Waals surface area contributed by atoms with Gasteiger partial charge < -0.3 is 34.6 Å². The summed E-state index contributed by atoms with van der Waals surface area (Å²) in [4.78, 5) is 50.1. The molecule has 0 spiro atoms. The normalized spacial score (nSPS) is 32.1. The summed E-state index contributed by atoms with van der Waals surface area (Å²) in [5, 5.41) is 44.3. The van der Waals surface area contributed by atoms with Crippen molar-refractivity contribution in [1.29, 1.82) is 0 Å². The molecule has 4 rings (SSSR count). The van der Waals surface area contributed by atoms with Crippen LogP contribution in [0.1, 0.15) is 71.1 Å². The third kappa shape index (κ3) is 5.50. The van der Waals surface area contributed by atoms with Gasteiger partial charge in [-0.15, -0.1) is 0 Å². The van der Waals surface area contributed by atoms with Gasteiger partial charge in [0, 0.05) is 17.9 Å². The molecular weight excluding hydrogens is 488 g/mol. The number of rotatable bonds is 8. The molecule has 4 N–H and O–H groups in total. The lowest BCUT2D eigenvalue weighted by Crippen LogP contribution is -2.40. The second-order valence-corrected chi connectivity index (χ2v) is 10.2. The summed E-state index contributed by atoms with van der Waals surface area (Å²) in [6, 6.07) is 0. The molecule has 3 aliphatic heterocycles. The molecule has 1 unspecified atom stereocenters. The smallest absolute Gasteiger partial charge is 0.345 e. The minimum atomic E-state index is -1.79. The molecule has 7 atom stereocenters. The fraction of sp³-hybridized carbons (Fsp3) is 0.692. The summed E-state index contributed by atoms with van der Waals surface area (Å²) in [5.41, 5.74) is -0.684. The number of hydrogen-bond donors (Lipinski definition) is 4. The Labute approximate surface area is 214 Å². The SMILES string of the molecule is CCCCCC[C@@H](O)[C@@H]1C2=C(C[C@H]([C@H](O)[C@@H]3CCCC(=O)O3)CC3=C(C(=O)OC3=O)[C@@H]1O)C(O)OC2=O. The van der Waals surface area contributed by atoms with E-state index in [2.05, 4.69) is 0 Å². The van der Waals surface area contributed by atoms with Crippen LogP contribution in [0.15, 0.2) is 22.3 Å². The van der Waals surface area contributed by atoms with Crippen LogP contribution in [-0.2, 0) is 33.4 Å². The molecule has 11 heteroatoms. The Morgan fingerprint density at radius 1 is 0.919 bits per heavy atom. The predicted octanol–water partition coefficient (Wildman–Crippen LogP) is 0.713. The van der Waals surface area contributed by atoms with Gasteiger partial charge in [0.15, 0.2) is 0 Å². The molecule has 0 aromatic heterocycles. The molecule has 4 aliphatic rings. The third-order valence-electron chi connectivity index (χ3n) is 7.76. The standard InChI is InChI=1S/C26H34O11/c1-2-3-4-5-7-15(27)20-18-13(23(31)36-25(18)33)10-12(21(29)16-8-6-9-17(28)35-16)11-14-19(22(20)30)26(34)37-24(14)32/h12,15-16,20-23,27,29-31H,2-11H2,1H3/t12-,15+,16-,20+,21-,22-,23?/m0/s1. The van der Waals surface area contributed by atoms with Crippen LogP contribution in [0.25, 0.3) is 0 Å². The second kappa shape index (κ2) is 11.4. The van der Waals surface area contributed by atoms with E-state index in [9.17, 15) is 39.6 Å². The first-order valence-electron chi connectivity index (χ1n) is 13.0. The largest absolute Gasteiger partial charge is 0.460 e. The van der Waals surface area contributed by atoms with Crippen LogP contribution in [0.2, 0.25) is 0 Å². The lowest BCUT2D eigenvalue weighted by atomic mass is 9.80. The van der Waals surface area contributed by atoms with Gasteiger partial charge in [0.1, 0.15) is 6.10 Å². The fourth-order valence-electron chi connectivity index (χ4n) is 5.82. The maximum atomic E-state index is 12.9. The molecule has 11 nitrogen and oxygen atoms in total. The van der Waals surface area contributed by atoms with E-state index in [0.717, 1.165) is 19.3 Å². The third-order valence-corrected chi connectivity index (χ3v) is 7.76. The zero-order chi connectivity index (χ0) is 26.9. The molecule has 1 fully saturated rings. The molecule has 0 aromatic carbocycles. The molecule has 0 radical (unpaired) electrons. The first kappa shape index (κ1) is 27.4. The number of carbonyl (C=O) groups is 4. The predicted molar refractivity (Wildman–Crippen MR) is 124 cm³/mol. The van der Waals surface area contributed by atoms with E-state index in [1.807, 2.05) is 6.92 Å². The fourth-order valence-corrected chi connectivity index (χ4v) is 5.82. The van der Waals surface area contributed by atoms with Crippen molar-refractivity contribution in [3.63, 3.8) is 0 Å². The van der Waals surface area contributed by atoms with Gasteiger partial charge in [-0.25, -0.2) is 14.4 Å². The minimum Gasteiger partial charge on any atom is -0.460 e. The van der Waals surface area contributed by atoms with E-state index in [1.165, 1.54) is 0 Å². The molecule has 0 bridgehead atoms. The van der Waals surface area contributed by atoms with Gasteiger partial charge in [-0.2, -0.15) is 0 Å². The summed E-state index contributed by atoms with van der Waals surface area (Å²) in [6.45, 7) is 2.03. The molecule has 3 heterocycles. The number of unbranched alkanes of at least 4 members (excludes halogenated alkanes) is 3. The maximum absolute atomic E-state index is 12.9. The Morgan fingerprint density at radius 2 is 1.68 bits per heavy atom. The summed E-state index contributed by atoms with van der Waals surface area (Å²) in [6.07, 6.45) is -2.87. The average Bonchev–Trinajstić information content (AvgIpc) is 3.30. The van der Waals surface area contributed by atoms with Gasteiger partial charge in [0.25, 0.3) is 0 Å². The molecule has 204 valence electrons. The molecule has 0 saturated carbocycles. The summed E-state index contributed by atoms with van der Waals surface area (Å²) >= 11 is 0. The molecule has 37 heavy (non-hydrogen) atoms. The summed E-state index contributed by atoms with van der Waals surface area (Å²) in [5.74, 6) is -5.79. The monoisotopic (exact) mass is 522 g/mol. The zero-order valence-corrected chi connectivity index (χ0v) is 20.8. The van der Waals surface area contributed by atoms with Gasteiger partial charge >= 0.3 is 23.9 Å². The van der Waals surface area contributed by atoms with Gasteiger partial charge in [-0.1, -0.05) is 32.6 Å². The van der Waals surface area contributed by atoms with Crippen molar-refractivity contribution in [1.82, 2.24) is 0 Å². The van der Waals surface area contributed by atoms with Crippen LogP contribution in [0.4, 0.5) is 0 Å². The maximum Gasteiger partial charge on any atom is 0.345 e. The van der Waals surface area contributed by atoms with Crippen molar-refractivity contribution in [2.24, 2.45) is 11.8 Å². The van der Waals surface area contributed by atoms with Crippen LogP contribution >= 0.6 is 0 Å². The van der Waals surface area contributed by atoms with Crippen LogP contribution in [0.3, 0.4) is 0 Å². The first-order chi connectivity index (χ1) is 17.6. The quantitative estimate of drug-likeness (QED) is 0.153. The van der Waals surface area contributed by atoms with Crippen LogP contribution in [-0.4, -0.2) is 75.0 Å². The van der Waals surface area contributed by atoms with Gasteiger partial charge in [0.05, 0.1) is 35.0 Å². The molecule has 0 aromatic rings. The number of carbonyl (C=O) groups excluding carboxylic acids is 4.